The van der Waals surface area contributed by atoms with Gasteiger partial charge in [-0.1, -0.05) is 17.7 Å². The standard InChI is InChI=1S/C17H20ClN5/c1-21-9-4-5-12(11-21)23-10-8-19-17(23)16-15-13(18)6-3-7-14(15)22(2)20-16/h3,6-8,10,12H,4-5,9,11H2,1-2H3/t12-/m1/s1. The highest BCUT2D eigenvalue weighted by Gasteiger charge is 2.24. The highest BCUT2D eigenvalue weighted by Crippen LogP contribution is 2.34. The number of likely N-dealkylation sites (tertiary alicyclic amines) is 1. The molecule has 1 aliphatic rings. The second-order valence-corrected chi connectivity index (χ2v) is 6.73. The van der Waals surface area contributed by atoms with E-state index in [1.54, 1.807) is 0 Å². The van der Waals surface area contributed by atoms with Gasteiger partial charge in [0.15, 0.2) is 5.82 Å². The van der Waals surface area contributed by atoms with Gasteiger partial charge in [0.05, 0.1) is 10.5 Å². The third-order valence-electron chi connectivity index (χ3n) is 4.70. The molecule has 1 aliphatic heterocycles. The first-order valence-electron chi connectivity index (χ1n) is 7.98. The van der Waals surface area contributed by atoms with Crippen LogP contribution in [0.5, 0.6) is 0 Å². The SMILES string of the molecule is CN1CCC[C@@H](n2ccnc2-c2nn(C)c3cccc(Cl)c23)C1. The smallest absolute Gasteiger partial charge is 0.161 e. The van der Waals surface area contributed by atoms with Gasteiger partial charge in [0.1, 0.15) is 5.69 Å². The maximum absolute atomic E-state index is 6.46. The Bertz CT molecular complexity index is 850. The van der Waals surface area contributed by atoms with E-state index >= 15 is 0 Å². The van der Waals surface area contributed by atoms with Gasteiger partial charge in [-0.15, -0.1) is 0 Å². The highest BCUT2D eigenvalue weighted by atomic mass is 35.5. The molecule has 0 aliphatic carbocycles. The Hall–Kier alpha value is -1.85. The van der Waals surface area contributed by atoms with Crippen molar-refractivity contribution in [3.05, 3.63) is 35.6 Å². The molecule has 1 fully saturated rings. The Balaban J connectivity index is 1.85. The number of aromatic nitrogens is 4. The second kappa shape index (κ2) is 5.65. The Labute approximate surface area is 140 Å². The third kappa shape index (κ3) is 2.44. The van der Waals surface area contributed by atoms with Gasteiger partial charge in [-0.25, -0.2) is 4.98 Å². The number of piperidine rings is 1. The summed E-state index contributed by atoms with van der Waals surface area (Å²) >= 11 is 6.46. The lowest BCUT2D eigenvalue weighted by Crippen LogP contribution is -2.33. The molecule has 0 amide bonds. The first-order chi connectivity index (χ1) is 11.1. The summed E-state index contributed by atoms with van der Waals surface area (Å²) in [7, 11) is 4.12. The van der Waals surface area contributed by atoms with Gasteiger partial charge in [0.25, 0.3) is 0 Å². The summed E-state index contributed by atoms with van der Waals surface area (Å²) < 4.78 is 4.14. The number of imidazole rings is 1. The Morgan fingerprint density at radius 3 is 2.96 bits per heavy atom. The number of hydrogen-bond acceptors (Lipinski definition) is 3. The average Bonchev–Trinajstić information content (AvgIpc) is 3.13. The van der Waals surface area contributed by atoms with Crippen molar-refractivity contribution in [2.45, 2.75) is 18.9 Å². The molecule has 1 atom stereocenters. The van der Waals surface area contributed by atoms with Crippen LogP contribution in [0, 0.1) is 0 Å². The van der Waals surface area contributed by atoms with Crippen LogP contribution in [0.15, 0.2) is 30.6 Å². The van der Waals surface area contributed by atoms with Crippen LogP contribution in [0.25, 0.3) is 22.4 Å². The number of fused-ring (bicyclic) bond motifs is 1. The van der Waals surface area contributed by atoms with Gasteiger partial charge >= 0.3 is 0 Å². The van der Waals surface area contributed by atoms with Crippen LogP contribution in [-0.4, -0.2) is 44.4 Å². The average molecular weight is 330 g/mol. The van der Waals surface area contributed by atoms with E-state index in [2.05, 4.69) is 27.7 Å². The lowest BCUT2D eigenvalue weighted by Gasteiger charge is -2.31. The van der Waals surface area contributed by atoms with Crippen molar-refractivity contribution in [3.8, 4) is 11.5 Å². The van der Waals surface area contributed by atoms with Crippen molar-refractivity contribution < 1.29 is 0 Å². The summed E-state index contributed by atoms with van der Waals surface area (Å²) in [6.07, 6.45) is 6.31. The van der Waals surface area contributed by atoms with Crippen LogP contribution in [0.1, 0.15) is 18.9 Å². The lowest BCUT2D eigenvalue weighted by molar-refractivity contribution is 0.213. The maximum Gasteiger partial charge on any atom is 0.161 e. The highest BCUT2D eigenvalue weighted by molar-refractivity contribution is 6.36. The van der Waals surface area contributed by atoms with Crippen LogP contribution < -0.4 is 0 Å². The Morgan fingerprint density at radius 2 is 2.13 bits per heavy atom. The van der Waals surface area contributed by atoms with E-state index in [1.165, 1.54) is 19.4 Å². The first-order valence-corrected chi connectivity index (χ1v) is 8.36. The number of benzene rings is 1. The molecule has 1 saturated heterocycles. The fourth-order valence-corrected chi connectivity index (χ4v) is 3.84. The monoisotopic (exact) mass is 329 g/mol. The molecule has 1 aromatic carbocycles. The van der Waals surface area contributed by atoms with Crippen molar-refractivity contribution in [1.29, 1.82) is 0 Å². The molecule has 23 heavy (non-hydrogen) atoms. The van der Waals surface area contributed by atoms with Gasteiger partial charge < -0.3 is 9.47 Å². The van der Waals surface area contributed by atoms with Gasteiger partial charge in [0, 0.05) is 37.4 Å². The molecule has 2 aromatic heterocycles. The summed E-state index contributed by atoms with van der Waals surface area (Å²) in [5, 5.41) is 6.41. The molecule has 0 saturated carbocycles. The molecule has 0 radical (unpaired) electrons. The number of halogens is 1. The Kier molecular flexibility index (Phi) is 3.62. The minimum absolute atomic E-state index is 0.436. The number of likely N-dealkylation sites (N-methyl/N-ethyl adjacent to an activating group) is 1. The zero-order valence-corrected chi connectivity index (χ0v) is 14.2. The fourth-order valence-electron chi connectivity index (χ4n) is 3.58. The molecule has 3 aromatic rings. The summed E-state index contributed by atoms with van der Waals surface area (Å²) in [4.78, 5) is 6.98. The minimum Gasteiger partial charge on any atom is -0.325 e. The molecule has 0 bridgehead atoms. The number of rotatable bonds is 2. The molecular weight excluding hydrogens is 310 g/mol. The van der Waals surface area contributed by atoms with Crippen LogP contribution >= 0.6 is 11.6 Å². The van der Waals surface area contributed by atoms with Crippen molar-refractivity contribution >= 4 is 22.5 Å². The molecular formula is C17H20ClN5. The van der Waals surface area contributed by atoms with Crippen molar-refractivity contribution in [2.75, 3.05) is 20.1 Å². The molecule has 3 heterocycles. The van der Waals surface area contributed by atoms with Gasteiger partial charge in [-0.05, 0) is 38.6 Å². The first kappa shape index (κ1) is 14.7. The van der Waals surface area contributed by atoms with E-state index < -0.39 is 0 Å². The Morgan fingerprint density at radius 1 is 1.26 bits per heavy atom. The van der Waals surface area contributed by atoms with Crippen molar-refractivity contribution in [3.63, 3.8) is 0 Å². The molecule has 0 unspecified atom stereocenters. The molecule has 0 N–H and O–H groups in total. The van der Waals surface area contributed by atoms with E-state index in [1.807, 2.05) is 36.1 Å². The summed E-state index contributed by atoms with van der Waals surface area (Å²) in [5.74, 6) is 0.906. The number of aryl methyl sites for hydroxylation is 1. The molecule has 6 heteroatoms. The van der Waals surface area contributed by atoms with E-state index in [0.717, 1.165) is 34.0 Å². The van der Waals surface area contributed by atoms with Gasteiger partial charge in [-0.3, -0.25) is 4.68 Å². The molecule has 120 valence electrons. The van der Waals surface area contributed by atoms with Gasteiger partial charge in [0.2, 0.25) is 0 Å². The predicted octanol–water partition coefficient (Wildman–Crippen LogP) is 3.36. The minimum atomic E-state index is 0.436. The predicted molar refractivity (Wildman–Crippen MR) is 92.7 cm³/mol. The second-order valence-electron chi connectivity index (χ2n) is 6.32. The fraction of sp³-hybridized carbons (Fsp3) is 0.412. The lowest BCUT2D eigenvalue weighted by atomic mass is 10.1. The van der Waals surface area contributed by atoms with E-state index in [0.29, 0.717) is 6.04 Å². The molecule has 4 rings (SSSR count). The summed E-state index contributed by atoms with van der Waals surface area (Å²) in [5.41, 5.74) is 1.90. The van der Waals surface area contributed by atoms with Gasteiger partial charge in [-0.2, -0.15) is 5.10 Å². The maximum atomic E-state index is 6.46. The molecule has 0 spiro atoms. The zero-order chi connectivity index (χ0) is 16.0. The van der Waals surface area contributed by atoms with E-state index in [-0.39, 0.29) is 0 Å². The van der Waals surface area contributed by atoms with Crippen LogP contribution in [0.2, 0.25) is 5.02 Å². The number of nitrogens with zero attached hydrogens (tertiary/aromatic N) is 5. The zero-order valence-electron chi connectivity index (χ0n) is 13.4. The summed E-state index contributed by atoms with van der Waals surface area (Å²) in [6.45, 7) is 2.21. The van der Waals surface area contributed by atoms with Crippen LogP contribution in [0.4, 0.5) is 0 Å². The topological polar surface area (TPSA) is 38.9 Å². The third-order valence-corrected chi connectivity index (χ3v) is 5.02. The van der Waals surface area contributed by atoms with E-state index in [9.17, 15) is 0 Å². The van der Waals surface area contributed by atoms with E-state index in [4.69, 9.17) is 16.7 Å². The number of hydrogen-bond donors (Lipinski definition) is 0. The van der Waals surface area contributed by atoms with Crippen LogP contribution in [-0.2, 0) is 7.05 Å². The van der Waals surface area contributed by atoms with Crippen LogP contribution in [0.3, 0.4) is 0 Å². The normalized spacial score (nSPS) is 19.5. The largest absolute Gasteiger partial charge is 0.325 e. The summed E-state index contributed by atoms with van der Waals surface area (Å²) in [6, 6.07) is 6.35. The van der Waals surface area contributed by atoms with Crippen molar-refractivity contribution in [1.82, 2.24) is 24.2 Å². The molecule has 5 nitrogen and oxygen atoms in total. The van der Waals surface area contributed by atoms with Crippen molar-refractivity contribution in [2.24, 2.45) is 7.05 Å². The quantitative estimate of drug-likeness (QED) is 0.723.